The largest absolute Gasteiger partial charge is 0.367 e. The molecule has 2 rings (SSSR count). The van der Waals surface area contributed by atoms with Crippen molar-refractivity contribution >= 4 is 5.97 Å². The second kappa shape index (κ2) is 4.34. The minimum Gasteiger partial charge on any atom is -0.367 e. The Labute approximate surface area is 97.3 Å². The molecule has 0 unspecified atom stereocenters. The van der Waals surface area contributed by atoms with Gasteiger partial charge in [-0.25, -0.2) is 4.79 Å². The third-order valence-corrected chi connectivity index (χ3v) is 3.44. The van der Waals surface area contributed by atoms with Crippen LogP contribution in [0.25, 0.3) is 0 Å². The van der Waals surface area contributed by atoms with E-state index in [1.54, 1.807) is 0 Å². The Morgan fingerprint density at radius 2 is 2.12 bits per heavy atom. The van der Waals surface area contributed by atoms with E-state index in [0.717, 1.165) is 26.1 Å². The van der Waals surface area contributed by atoms with Crippen molar-refractivity contribution in [2.45, 2.75) is 39.7 Å². The van der Waals surface area contributed by atoms with Crippen molar-refractivity contribution in [3.05, 3.63) is 0 Å². The molecule has 2 heterocycles. The van der Waals surface area contributed by atoms with Crippen molar-refractivity contribution in [1.82, 2.24) is 10.4 Å². The summed E-state index contributed by atoms with van der Waals surface area (Å²) < 4.78 is 0. The number of hydrogen-bond donors (Lipinski definition) is 1. The molecule has 92 valence electrons. The fourth-order valence-electron chi connectivity index (χ4n) is 2.38. The van der Waals surface area contributed by atoms with Gasteiger partial charge in [0.1, 0.15) is 0 Å². The van der Waals surface area contributed by atoms with Gasteiger partial charge in [-0.1, -0.05) is 0 Å². The summed E-state index contributed by atoms with van der Waals surface area (Å²) in [6.45, 7) is 8.57. The molecule has 0 bridgehead atoms. The molecule has 0 aromatic carbocycles. The summed E-state index contributed by atoms with van der Waals surface area (Å²) in [7, 11) is 0. The predicted octanol–water partition coefficient (Wildman–Crippen LogP) is 1.17. The molecule has 1 N–H and O–H groups in total. The Balaban J connectivity index is 1.96. The average molecular weight is 226 g/mol. The van der Waals surface area contributed by atoms with Gasteiger partial charge in [0, 0.05) is 13.1 Å². The summed E-state index contributed by atoms with van der Waals surface area (Å²) in [5.74, 6) is 0.529. The normalized spacial score (nSPS) is 31.2. The fraction of sp³-hybridized carbons (Fsp3) is 0.917. The first-order valence-corrected chi connectivity index (χ1v) is 6.18. The van der Waals surface area contributed by atoms with E-state index in [0.29, 0.717) is 12.0 Å². The summed E-state index contributed by atoms with van der Waals surface area (Å²) in [6.07, 6.45) is 2.38. The first-order valence-electron chi connectivity index (χ1n) is 6.18. The van der Waals surface area contributed by atoms with Gasteiger partial charge < -0.3 is 10.2 Å². The quantitative estimate of drug-likeness (QED) is 0.729. The number of carbonyl (C=O) groups excluding carboxylic acids is 1. The van der Waals surface area contributed by atoms with Crippen LogP contribution in [0.4, 0.5) is 0 Å². The van der Waals surface area contributed by atoms with Crippen LogP contribution in [0.1, 0.15) is 33.6 Å². The van der Waals surface area contributed by atoms with Crippen LogP contribution in [0.15, 0.2) is 0 Å². The van der Waals surface area contributed by atoms with Crippen molar-refractivity contribution < 1.29 is 9.63 Å². The lowest BCUT2D eigenvalue weighted by atomic mass is 9.93. The van der Waals surface area contributed by atoms with E-state index in [-0.39, 0.29) is 5.97 Å². The minimum absolute atomic E-state index is 0.125. The SMILES string of the molecule is CC(C)(C)C(=O)ON1CCC[C@H]2CNC[C@H]21. The summed E-state index contributed by atoms with van der Waals surface area (Å²) in [6, 6.07) is 0.389. The van der Waals surface area contributed by atoms with Gasteiger partial charge in [-0.2, -0.15) is 0 Å². The molecule has 2 fully saturated rings. The molecule has 0 saturated carbocycles. The molecular formula is C12H22N2O2. The maximum Gasteiger partial charge on any atom is 0.330 e. The maximum atomic E-state index is 11.8. The Morgan fingerprint density at radius 3 is 2.81 bits per heavy atom. The fourth-order valence-corrected chi connectivity index (χ4v) is 2.38. The molecule has 0 aromatic heterocycles. The van der Waals surface area contributed by atoms with Crippen molar-refractivity contribution in [3.8, 4) is 0 Å². The van der Waals surface area contributed by atoms with E-state index in [1.165, 1.54) is 6.42 Å². The zero-order valence-electron chi connectivity index (χ0n) is 10.5. The molecule has 0 amide bonds. The lowest BCUT2D eigenvalue weighted by Gasteiger charge is -2.36. The number of hydrogen-bond acceptors (Lipinski definition) is 4. The second-order valence-corrected chi connectivity index (χ2v) is 5.90. The van der Waals surface area contributed by atoms with Crippen LogP contribution in [0.5, 0.6) is 0 Å². The van der Waals surface area contributed by atoms with Crippen molar-refractivity contribution in [3.63, 3.8) is 0 Å². The van der Waals surface area contributed by atoms with E-state index in [4.69, 9.17) is 4.84 Å². The highest BCUT2D eigenvalue weighted by Gasteiger charge is 2.38. The van der Waals surface area contributed by atoms with E-state index >= 15 is 0 Å². The Hall–Kier alpha value is -0.610. The third kappa shape index (κ3) is 2.38. The lowest BCUT2D eigenvalue weighted by Crippen LogP contribution is -2.47. The highest BCUT2D eigenvalue weighted by molar-refractivity contribution is 5.75. The van der Waals surface area contributed by atoms with E-state index in [1.807, 2.05) is 25.8 Å². The third-order valence-electron chi connectivity index (χ3n) is 3.44. The first kappa shape index (κ1) is 11.9. The maximum absolute atomic E-state index is 11.8. The number of rotatable bonds is 1. The molecule has 2 aliphatic heterocycles. The van der Waals surface area contributed by atoms with Gasteiger partial charge >= 0.3 is 5.97 Å². The number of hydroxylamine groups is 2. The van der Waals surface area contributed by atoms with Gasteiger partial charge in [0.25, 0.3) is 0 Å². The number of nitrogens with zero attached hydrogens (tertiary/aromatic N) is 1. The topological polar surface area (TPSA) is 41.6 Å². The van der Waals surface area contributed by atoms with Gasteiger partial charge in [0.05, 0.1) is 11.5 Å². The van der Waals surface area contributed by atoms with Crippen LogP contribution in [0.2, 0.25) is 0 Å². The highest BCUT2D eigenvalue weighted by Crippen LogP contribution is 2.28. The molecule has 4 nitrogen and oxygen atoms in total. The molecular weight excluding hydrogens is 204 g/mol. The van der Waals surface area contributed by atoms with Crippen LogP contribution < -0.4 is 5.32 Å². The zero-order valence-corrected chi connectivity index (χ0v) is 10.5. The first-order chi connectivity index (χ1) is 7.48. The molecule has 0 aliphatic carbocycles. The van der Waals surface area contributed by atoms with E-state index in [9.17, 15) is 4.79 Å². The number of piperidine rings is 1. The monoisotopic (exact) mass is 226 g/mol. The van der Waals surface area contributed by atoms with Crippen LogP contribution in [0, 0.1) is 11.3 Å². The summed E-state index contributed by atoms with van der Waals surface area (Å²) in [5, 5.41) is 5.28. The summed E-state index contributed by atoms with van der Waals surface area (Å²) >= 11 is 0. The molecule has 0 radical (unpaired) electrons. The summed E-state index contributed by atoms with van der Waals surface area (Å²) in [5.41, 5.74) is -0.418. The molecule has 16 heavy (non-hydrogen) atoms. The number of carbonyl (C=O) groups is 1. The van der Waals surface area contributed by atoms with Gasteiger partial charge in [-0.05, 0) is 46.1 Å². The van der Waals surface area contributed by atoms with Crippen LogP contribution in [-0.2, 0) is 9.63 Å². The van der Waals surface area contributed by atoms with E-state index in [2.05, 4.69) is 5.32 Å². The lowest BCUT2D eigenvalue weighted by molar-refractivity contribution is -0.218. The zero-order chi connectivity index (χ0) is 11.8. The van der Waals surface area contributed by atoms with Crippen molar-refractivity contribution in [2.75, 3.05) is 19.6 Å². The smallest absolute Gasteiger partial charge is 0.330 e. The molecule has 2 saturated heterocycles. The van der Waals surface area contributed by atoms with Gasteiger partial charge in [0.2, 0.25) is 0 Å². The average Bonchev–Trinajstić information content (AvgIpc) is 2.65. The minimum atomic E-state index is -0.418. The van der Waals surface area contributed by atoms with E-state index < -0.39 is 5.41 Å². The standard InChI is InChI=1S/C12H22N2O2/c1-12(2,3)11(15)16-14-6-4-5-9-7-13-8-10(9)14/h9-10,13H,4-8H2,1-3H3/t9-,10+/m0/s1. The number of fused-ring (bicyclic) bond motifs is 1. The predicted molar refractivity (Wildman–Crippen MR) is 61.6 cm³/mol. The molecule has 0 spiro atoms. The second-order valence-electron chi connectivity index (χ2n) is 5.90. The van der Waals surface area contributed by atoms with Crippen molar-refractivity contribution in [2.24, 2.45) is 11.3 Å². The molecule has 0 aromatic rings. The Bertz CT molecular complexity index is 273. The number of nitrogens with one attached hydrogen (secondary N) is 1. The Morgan fingerprint density at radius 1 is 1.38 bits per heavy atom. The van der Waals surface area contributed by atoms with Gasteiger partial charge in [-0.3, -0.25) is 0 Å². The molecule has 2 aliphatic rings. The van der Waals surface area contributed by atoms with Gasteiger partial charge in [0.15, 0.2) is 0 Å². The molecule has 2 atom stereocenters. The Kier molecular flexibility index (Phi) is 3.22. The van der Waals surface area contributed by atoms with Crippen LogP contribution in [-0.4, -0.2) is 36.7 Å². The van der Waals surface area contributed by atoms with Crippen molar-refractivity contribution in [1.29, 1.82) is 0 Å². The van der Waals surface area contributed by atoms with Crippen LogP contribution in [0.3, 0.4) is 0 Å². The molecule has 4 heteroatoms. The van der Waals surface area contributed by atoms with Gasteiger partial charge in [-0.15, -0.1) is 5.06 Å². The summed E-state index contributed by atoms with van der Waals surface area (Å²) in [4.78, 5) is 17.4. The van der Waals surface area contributed by atoms with Crippen LogP contribution >= 0.6 is 0 Å². The highest BCUT2D eigenvalue weighted by atomic mass is 16.7.